The number of rotatable bonds is 5. The SMILES string of the molecule is Cc1c(NC(=S)Nc2ccc(OC(F)F)cc2)cccc1[N+](=O)[O-]. The van der Waals surface area contributed by atoms with E-state index in [-0.39, 0.29) is 16.5 Å². The molecule has 6 nitrogen and oxygen atoms in total. The summed E-state index contributed by atoms with van der Waals surface area (Å²) >= 11 is 5.15. The number of halogens is 2. The maximum Gasteiger partial charge on any atom is 0.387 e. The summed E-state index contributed by atoms with van der Waals surface area (Å²) in [4.78, 5) is 10.4. The van der Waals surface area contributed by atoms with Gasteiger partial charge in [0, 0.05) is 11.8 Å². The first-order chi connectivity index (χ1) is 11.4. The highest BCUT2D eigenvalue weighted by atomic mass is 32.1. The van der Waals surface area contributed by atoms with E-state index in [1.165, 1.54) is 30.3 Å². The third-order valence-corrected chi connectivity index (χ3v) is 3.29. The summed E-state index contributed by atoms with van der Waals surface area (Å²) in [5.41, 5.74) is 1.49. The number of nitrogens with zero attached hydrogens (tertiary/aromatic N) is 1. The average Bonchev–Trinajstić information content (AvgIpc) is 2.50. The lowest BCUT2D eigenvalue weighted by atomic mass is 10.1. The highest BCUT2D eigenvalue weighted by Gasteiger charge is 2.13. The zero-order chi connectivity index (χ0) is 17.7. The molecular weight excluding hydrogens is 340 g/mol. The quantitative estimate of drug-likeness (QED) is 0.474. The highest BCUT2D eigenvalue weighted by Crippen LogP contribution is 2.25. The van der Waals surface area contributed by atoms with Crippen LogP contribution in [0.15, 0.2) is 42.5 Å². The Morgan fingerprint density at radius 2 is 1.88 bits per heavy atom. The van der Waals surface area contributed by atoms with E-state index >= 15 is 0 Å². The molecule has 126 valence electrons. The minimum absolute atomic E-state index is 0.0173. The molecule has 9 heteroatoms. The van der Waals surface area contributed by atoms with Gasteiger partial charge >= 0.3 is 6.61 Å². The molecule has 0 aliphatic heterocycles. The number of nitro benzene ring substituents is 1. The molecule has 0 aliphatic rings. The molecule has 0 fully saturated rings. The maximum atomic E-state index is 12.1. The molecule has 0 spiro atoms. The van der Waals surface area contributed by atoms with Gasteiger partial charge in [0.15, 0.2) is 5.11 Å². The number of benzene rings is 2. The number of thiocarbonyl (C=S) groups is 1. The molecule has 2 aromatic carbocycles. The molecule has 0 heterocycles. The Labute approximate surface area is 141 Å². The number of hydrogen-bond acceptors (Lipinski definition) is 4. The Hall–Kier alpha value is -2.81. The summed E-state index contributed by atoms with van der Waals surface area (Å²) in [6.45, 7) is -1.28. The Morgan fingerprint density at radius 1 is 1.21 bits per heavy atom. The number of nitrogens with one attached hydrogen (secondary N) is 2. The molecule has 2 N–H and O–H groups in total. The van der Waals surface area contributed by atoms with Crippen molar-refractivity contribution in [2.75, 3.05) is 10.6 Å². The number of anilines is 2. The van der Waals surface area contributed by atoms with Crippen molar-refractivity contribution in [2.45, 2.75) is 13.5 Å². The van der Waals surface area contributed by atoms with Gasteiger partial charge in [0.25, 0.3) is 5.69 Å². The Balaban J connectivity index is 2.03. The zero-order valence-corrected chi connectivity index (χ0v) is 13.3. The molecule has 24 heavy (non-hydrogen) atoms. The van der Waals surface area contributed by atoms with E-state index in [1.807, 2.05) is 0 Å². The predicted octanol–water partition coefficient (Wildman–Crippen LogP) is 4.31. The standard InChI is InChI=1S/C15H13F2N3O3S/c1-9-12(3-2-4-13(9)20(21)22)19-15(24)18-10-5-7-11(8-6-10)23-14(16)17/h2-8,14H,1H3,(H2,18,19,24). The summed E-state index contributed by atoms with van der Waals surface area (Å²) < 4.78 is 28.4. The first kappa shape index (κ1) is 17.5. The van der Waals surface area contributed by atoms with Crippen LogP contribution in [0.2, 0.25) is 0 Å². The van der Waals surface area contributed by atoms with Crippen LogP contribution < -0.4 is 15.4 Å². The van der Waals surface area contributed by atoms with Crippen molar-refractivity contribution in [1.82, 2.24) is 0 Å². The summed E-state index contributed by atoms with van der Waals surface area (Å²) in [7, 11) is 0. The second-order valence-corrected chi connectivity index (χ2v) is 5.10. The van der Waals surface area contributed by atoms with Crippen LogP contribution in [0.3, 0.4) is 0 Å². The molecule has 2 aromatic rings. The third-order valence-electron chi connectivity index (χ3n) is 3.09. The van der Waals surface area contributed by atoms with E-state index in [9.17, 15) is 18.9 Å². The van der Waals surface area contributed by atoms with Crippen molar-refractivity contribution in [3.05, 3.63) is 58.1 Å². The van der Waals surface area contributed by atoms with Crippen LogP contribution in [0.5, 0.6) is 5.75 Å². The molecular formula is C15H13F2N3O3S. The maximum absolute atomic E-state index is 12.1. The van der Waals surface area contributed by atoms with Gasteiger partial charge in [-0.15, -0.1) is 0 Å². The first-order valence-electron chi connectivity index (χ1n) is 6.73. The van der Waals surface area contributed by atoms with E-state index in [1.54, 1.807) is 19.1 Å². The van der Waals surface area contributed by atoms with Gasteiger partial charge in [0.05, 0.1) is 16.2 Å². The van der Waals surface area contributed by atoms with Gasteiger partial charge in [-0.3, -0.25) is 10.1 Å². The smallest absolute Gasteiger partial charge is 0.387 e. The molecule has 0 aliphatic carbocycles. The van der Waals surface area contributed by atoms with Crippen LogP contribution in [-0.2, 0) is 0 Å². The lowest BCUT2D eigenvalue weighted by Crippen LogP contribution is -2.19. The van der Waals surface area contributed by atoms with Gasteiger partial charge < -0.3 is 15.4 Å². The fourth-order valence-electron chi connectivity index (χ4n) is 1.96. The molecule has 0 unspecified atom stereocenters. The van der Waals surface area contributed by atoms with Crippen molar-refractivity contribution in [3.63, 3.8) is 0 Å². The number of nitro groups is 1. The Kier molecular flexibility index (Phi) is 5.59. The molecule has 0 amide bonds. The van der Waals surface area contributed by atoms with E-state index in [0.29, 0.717) is 16.9 Å². The number of hydrogen-bond donors (Lipinski definition) is 2. The average molecular weight is 353 g/mol. The topological polar surface area (TPSA) is 76.4 Å². The van der Waals surface area contributed by atoms with E-state index < -0.39 is 11.5 Å². The third kappa shape index (κ3) is 4.59. The molecule has 0 aromatic heterocycles. The highest BCUT2D eigenvalue weighted by molar-refractivity contribution is 7.80. The van der Waals surface area contributed by atoms with Gasteiger partial charge in [-0.25, -0.2) is 0 Å². The van der Waals surface area contributed by atoms with E-state index in [2.05, 4.69) is 15.4 Å². The second-order valence-electron chi connectivity index (χ2n) is 4.69. The summed E-state index contributed by atoms with van der Waals surface area (Å²) in [5, 5.41) is 16.9. The van der Waals surface area contributed by atoms with Crippen molar-refractivity contribution in [3.8, 4) is 5.75 Å². The molecule has 2 rings (SSSR count). The first-order valence-corrected chi connectivity index (χ1v) is 7.14. The molecule has 0 bridgehead atoms. The minimum atomic E-state index is -2.89. The van der Waals surface area contributed by atoms with Crippen LogP contribution in [0.25, 0.3) is 0 Å². The summed E-state index contributed by atoms with van der Waals surface area (Å²) in [6.07, 6.45) is 0. The minimum Gasteiger partial charge on any atom is -0.435 e. The Morgan fingerprint density at radius 3 is 2.46 bits per heavy atom. The van der Waals surface area contributed by atoms with Crippen molar-refractivity contribution < 1.29 is 18.4 Å². The van der Waals surface area contributed by atoms with Crippen LogP contribution >= 0.6 is 12.2 Å². The van der Waals surface area contributed by atoms with Gasteiger partial charge in [-0.05, 0) is 49.5 Å². The van der Waals surface area contributed by atoms with Crippen molar-refractivity contribution in [2.24, 2.45) is 0 Å². The van der Waals surface area contributed by atoms with Gasteiger partial charge in [-0.2, -0.15) is 8.78 Å². The van der Waals surface area contributed by atoms with E-state index in [4.69, 9.17) is 12.2 Å². The predicted molar refractivity (Wildman–Crippen MR) is 90.8 cm³/mol. The van der Waals surface area contributed by atoms with Crippen LogP contribution in [0.1, 0.15) is 5.56 Å². The molecule has 0 atom stereocenters. The second kappa shape index (κ2) is 7.64. The Bertz CT molecular complexity index is 754. The molecule has 0 saturated carbocycles. The van der Waals surface area contributed by atoms with Crippen molar-refractivity contribution in [1.29, 1.82) is 0 Å². The molecule has 0 saturated heterocycles. The molecule has 0 radical (unpaired) electrons. The number of ether oxygens (including phenoxy) is 1. The fourth-order valence-corrected chi connectivity index (χ4v) is 2.19. The fraction of sp³-hybridized carbons (Fsp3) is 0.133. The summed E-state index contributed by atoms with van der Waals surface area (Å²) in [6, 6.07) is 10.4. The summed E-state index contributed by atoms with van der Waals surface area (Å²) in [5.74, 6) is 0.0314. The lowest BCUT2D eigenvalue weighted by Gasteiger charge is -2.13. The van der Waals surface area contributed by atoms with Gasteiger partial charge in [0.2, 0.25) is 0 Å². The lowest BCUT2D eigenvalue weighted by molar-refractivity contribution is -0.385. The van der Waals surface area contributed by atoms with E-state index in [0.717, 1.165) is 0 Å². The zero-order valence-electron chi connectivity index (χ0n) is 12.5. The van der Waals surface area contributed by atoms with Crippen molar-refractivity contribution >= 4 is 34.4 Å². The van der Waals surface area contributed by atoms with Crippen LogP contribution in [0, 0.1) is 17.0 Å². The van der Waals surface area contributed by atoms with Crippen LogP contribution in [-0.4, -0.2) is 16.6 Å². The monoisotopic (exact) mass is 353 g/mol. The normalized spacial score (nSPS) is 10.3. The van der Waals surface area contributed by atoms with Crippen LogP contribution in [0.4, 0.5) is 25.8 Å². The number of alkyl halides is 2. The van der Waals surface area contributed by atoms with Gasteiger partial charge in [-0.1, -0.05) is 6.07 Å². The van der Waals surface area contributed by atoms with Gasteiger partial charge in [0.1, 0.15) is 5.75 Å². The largest absolute Gasteiger partial charge is 0.435 e.